The van der Waals surface area contributed by atoms with E-state index in [1.165, 1.54) is 0 Å². The molecule has 2 aromatic carbocycles. The van der Waals surface area contributed by atoms with Crippen LogP contribution in [0.1, 0.15) is 54.0 Å². The van der Waals surface area contributed by atoms with Crippen molar-refractivity contribution in [3.05, 3.63) is 52.6 Å². The number of carbonyl (C=O) groups excluding carboxylic acids is 1. The fraction of sp³-hybridized carbons (Fsp3) is 0.409. The van der Waals surface area contributed by atoms with E-state index in [0.717, 1.165) is 40.6 Å². The van der Waals surface area contributed by atoms with Gasteiger partial charge in [0.25, 0.3) is 0 Å². The second-order valence-electron chi connectivity index (χ2n) is 7.38. The summed E-state index contributed by atoms with van der Waals surface area (Å²) >= 11 is 0. The quantitative estimate of drug-likeness (QED) is 0.646. The van der Waals surface area contributed by atoms with Crippen LogP contribution in [0.3, 0.4) is 0 Å². The number of hydrogen-bond donors (Lipinski definition) is 1. The highest BCUT2D eigenvalue weighted by atomic mass is 16.5. The smallest absolute Gasteiger partial charge is 0.306 e. The Morgan fingerprint density at radius 1 is 1.31 bits per heavy atom. The Kier molecular flexibility index (Phi) is 5.24. The number of ether oxygens (including phenoxy) is 2. The molecule has 2 atom stereocenters. The minimum Gasteiger partial charge on any atom is -0.494 e. The average Bonchev–Trinajstić information content (AvgIpc) is 3.28. The first-order chi connectivity index (χ1) is 14.0. The summed E-state index contributed by atoms with van der Waals surface area (Å²) < 4.78 is 12.5. The summed E-state index contributed by atoms with van der Waals surface area (Å²) in [6, 6.07) is 9.98. The van der Waals surface area contributed by atoms with Crippen molar-refractivity contribution in [1.82, 2.24) is 15.0 Å². The first-order valence-electron chi connectivity index (χ1n) is 9.85. The van der Waals surface area contributed by atoms with Gasteiger partial charge in [-0.25, -0.2) is 4.68 Å². The molecule has 0 bridgehead atoms. The van der Waals surface area contributed by atoms with Crippen molar-refractivity contribution < 1.29 is 19.4 Å². The molecule has 0 radical (unpaired) electrons. The lowest BCUT2D eigenvalue weighted by molar-refractivity contribution is -0.143. The summed E-state index contributed by atoms with van der Waals surface area (Å²) in [5, 5.41) is 18.6. The molecule has 7 heteroatoms. The van der Waals surface area contributed by atoms with Crippen molar-refractivity contribution in [1.29, 1.82) is 0 Å². The maximum atomic E-state index is 12.4. The molecule has 1 aliphatic carbocycles. The molecule has 0 amide bonds. The monoisotopic (exact) mass is 395 g/mol. The van der Waals surface area contributed by atoms with E-state index in [0.29, 0.717) is 17.9 Å². The van der Waals surface area contributed by atoms with Gasteiger partial charge in [0.05, 0.1) is 26.2 Å². The van der Waals surface area contributed by atoms with Gasteiger partial charge in [0.1, 0.15) is 16.8 Å². The fourth-order valence-corrected chi connectivity index (χ4v) is 4.16. The number of esters is 1. The molecular weight excluding hydrogens is 370 g/mol. The highest BCUT2D eigenvalue weighted by Crippen LogP contribution is 2.38. The molecule has 29 heavy (non-hydrogen) atoms. The second kappa shape index (κ2) is 7.83. The molecule has 0 saturated carbocycles. The Hall–Kier alpha value is -2.93. The van der Waals surface area contributed by atoms with Gasteiger partial charge in [0.15, 0.2) is 0 Å². The molecule has 1 N–H and O–H groups in total. The topological polar surface area (TPSA) is 86.5 Å². The zero-order valence-corrected chi connectivity index (χ0v) is 16.9. The van der Waals surface area contributed by atoms with E-state index in [4.69, 9.17) is 9.47 Å². The van der Waals surface area contributed by atoms with Crippen molar-refractivity contribution in [2.75, 3.05) is 13.7 Å². The Balaban J connectivity index is 1.82. The van der Waals surface area contributed by atoms with E-state index in [1.807, 2.05) is 31.3 Å². The number of hydrogen-bond acceptors (Lipinski definition) is 6. The third kappa shape index (κ3) is 3.58. The largest absolute Gasteiger partial charge is 0.494 e. The minimum absolute atomic E-state index is 0.192. The van der Waals surface area contributed by atoms with E-state index in [1.54, 1.807) is 18.7 Å². The average molecular weight is 395 g/mol. The van der Waals surface area contributed by atoms with Gasteiger partial charge in [-0.3, -0.25) is 4.79 Å². The molecule has 0 saturated heterocycles. The van der Waals surface area contributed by atoms with Gasteiger partial charge in [0, 0.05) is 13.0 Å². The Bertz CT molecular complexity index is 1060. The SMILES string of the molecule is CCOC(=O)CC(c1ccc2c(c1)C(O)CC2)c1cc(OC)c2c(c1)nnn2C. The van der Waals surface area contributed by atoms with Gasteiger partial charge in [-0.15, -0.1) is 5.10 Å². The van der Waals surface area contributed by atoms with Crippen LogP contribution in [0.4, 0.5) is 0 Å². The number of rotatable bonds is 6. The van der Waals surface area contributed by atoms with E-state index in [9.17, 15) is 9.90 Å². The summed E-state index contributed by atoms with van der Waals surface area (Å²) in [5.41, 5.74) is 5.48. The van der Waals surface area contributed by atoms with E-state index in [2.05, 4.69) is 16.4 Å². The summed E-state index contributed by atoms with van der Waals surface area (Å²) in [4.78, 5) is 12.4. The highest BCUT2D eigenvalue weighted by Gasteiger charge is 2.26. The number of benzene rings is 2. The molecule has 0 fully saturated rings. The molecular formula is C22H25N3O4. The number of fused-ring (bicyclic) bond motifs is 2. The van der Waals surface area contributed by atoms with E-state index < -0.39 is 6.10 Å². The van der Waals surface area contributed by atoms with Gasteiger partial charge in [-0.1, -0.05) is 23.4 Å². The summed E-state index contributed by atoms with van der Waals surface area (Å²) in [6.45, 7) is 2.13. The number of aromatic nitrogens is 3. The Labute approximate surface area is 169 Å². The standard InChI is InChI=1S/C22H25N3O4/c1-4-29-21(27)12-16(14-6-5-13-7-8-19(26)17(13)9-14)15-10-18-22(20(11-15)28-3)25(2)24-23-18/h5-6,9-11,16,19,26H,4,7-8,12H2,1-3H3. The maximum absolute atomic E-state index is 12.4. The zero-order valence-electron chi connectivity index (χ0n) is 16.9. The van der Waals surface area contributed by atoms with Crippen LogP contribution in [-0.4, -0.2) is 39.8 Å². The fourth-order valence-electron chi connectivity index (χ4n) is 4.16. The normalized spacial score (nSPS) is 16.6. The first kappa shape index (κ1) is 19.4. The van der Waals surface area contributed by atoms with Crippen LogP contribution in [0.15, 0.2) is 30.3 Å². The lowest BCUT2D eigenvalue weighted by atomic mass is 9.86. The summed E-state index contributed by atoms with van der Waals surface area (Å²) in [6.07, 6.45) is 1.35. The summed E-state index contributed by atoms with van der Waals surface area (Å²) in [5.74, 6) is 0.143. The van der Waals surface area contributed by atoms with Crippen LogP contribution >= 0.6 is 0 Å². The van der Waals surface area contributed by atoms with Crippen molar-refractivity contribution in [3.8, 4) is 5.75 Å². The zero-order chi connectivity index (χ0) is 20.5. The minimum atomic E-state index is -0.454. The lowest BCUT2D eigenvalue weighted by Gasteiger charge is -2.20. The molecule has 0 spiro atoms. The maximum Gasteiger partial charge on any atom is 0.306 e. The third-order valence-electron chi connectivity index (χ3n) is 5.60. The molecule has 0 aliphatic heterocycles. The van der Waals surface area contributed by atoms with Gasteiger partial charge in [0.2, 0.25) is 0 Å². The van der Waals surface area contributed by atoms with Gasteiger partial charge >= 0.3 is 5.97 Å². The van der Waals surface area contributed by atoms with Crippen LogP contribution in [0.5, 0.6) is 5.75 Å². The van der Waals surface area contributed by atoms with Crippen molar-refractivity contribution in [3.63, 3.8) is 0 Å². The molecule has 1 heterocycles. The van der Waals surface area contributed by atoms with Crippen LogP contribution in [-0.2, 0) is 23.0 Å². The molecule has 3 aromatic rings. The highest BCUT2D eigenvalue weighted by molar-refractivity contribution is 5.83. The number of methoxy groups -OCH3 is 1. The number of nitrogens with zero attached hydrogens (tertiary/aromatic N) is 3. The molecule has 1 aliphatic rings. The van der Waals surface area contributed by atoms with Crippen LogP contribution < -0.4 is 4.74 Å². The number of aliphatic hydroxyl groups is 1. The van der Waals surface area contributed by atoms with Crippen molar-refractivity contribution in [2.45, 2.75) is 38.2 Å². The molecule has 1 aromatic heterocycles. The van der Waals surface area contributed by atoms with Crippen LogP contribution in [0.25, 0.3) is 11.0 Å². The van der Waals surface area contributed by atoms with Gasteiger partial charge < -0.3 is 14.6 Å². The molecule has 7 nitrogen and oxygen atoms in total. The van der Waals surface area contributed by atoms with Crippen molar-refractivity contribution in [2.24, 2.45) is 7.05 Å². The van der Waals surface area contributed by atoms with Crippen molar-refractivity contribution >= 4 is 17.0 Å². The van der Waals surface area contributed by atoms with E-state index >= 15 is 0 Å². The lowest BCUT2D eigenvalue weighted by Crippen LogP contribution is -2.12. The number of aryl methyl sites for hydroxylation is 2. The first-order valence-corrected chi connectivity index (χ1v) is 9.85. The molecule has 2 unspecified atom stereocenters. The van der Waals surface area contributed by atoms with Gasteiger partial charge in [-0.2, -0.15) is 0 Å². The molecule has 4 rings (SSSR count). The Morgan fingerprint density at radius 2 is 2.14 bits per heavy atom. The third-order valence-corrected chi connectivity index (χ3v) is 5.60. The van der Waals surface area contributed by atoms with E-state index in [-0.39, 0.29) is 18.3 Å². The Morgan fingerprint density at radius 3 is 2.90 bits per heavy atom. The second-order valence-corrected chi connectivity index (χ2v) is 7.38. The van der Waals surface area contributed by atoms with Crippen LogP contribution in [0.2, 0.25) is 0 Å². The number of aliphatic hydroxyl groups excluding tert-OH is 1. The molecule has 152 valence electrons. The van der Waals surface area contributed by atoms with Crippen LogP contribution in [0, 0.1) is 0 Å². The summed E-state index contributed by atoms with van der Waals surface area (Å²) in [7, 11) is 3.42. The predicted octanol–water partition coefficient (Wildman–Crippen LogP) is 3.04. The van der Waals surface area contributed by atoms with Gasteiger partial charge in [-0.05, 0) is 54.2 Å². The predicted molar refractivity (Wildman–Crippen MR) is 108 cm³/mol. The number of carbonyl (C=O) groups is 1.